The van der Waals surface area contributed by atoms with Crippen molar-refractivity contribution < 1.29 is 14.3 Å². The van der Waals surface area contributed by atoms with Crippen LogP contribution in [0.3, 0.4) is 0 Å². The van der Waals surface area contributed by atoms with Crippen LogP contribution in [0.15, 0.2) is 48.7 Å². The second-order valence-corrected chi connectivity index (χ2v) is 7.14. The summed E-state index contributed by atoms with van der Waals surface area (Å²) in [6.07, 6.45) is 8.09. The van der Waals surface area contributed by atoms with Gasteiger partial charge in [0.2, 0.25) is 11.8 Å². The fourth-order valence-corrected chi connectivity index (χ4v) is 3.56. The first-order chi connectivity index (χ1) is 13.7. The van der Waals surface area contributed by atoms with Gasteiger partial charge in [-0.25, -0.2) is 4.98 Å². The van der Waals surface area contributed by atoms with E-state index < -0.39 is 0 Å². The minimum absolute atomic E-state index is 0.00385. The normalized spacial score (nSPS) is 19.2. The molecule has 6 nitrogen and oxygen atoms in total. The molecule has 2 amide bonds. The molecular formula is C22H23N3O3. The highest BCUT2D eigenvalue weighted by atomic mass is 16.5. The van der Waals surface area contributed by atoms with Crippen LogP contribution in [0.25, 0.3) is 6.08 Å². The second kappa shape index (κ2) is 8.25. The first kappa shape index (κ1) is 18.2. The molecule has 0 spiro atoms. The zero-order chi connectivity index (χ0) is 19.3. The fraction of sp³-hybridized carbons (Fsp3) is 0.318. The molecule has 144 valence electrons. The first-order valence-corrected chi connectivity index (χ1v) is 9.65. The zero-order valence-corrected chi connectivity index (χ0v) is 15.6. The third-order valence-corrected chi connectivity index (χ3v) is 5.02. The molecule has 1 fully saturated rings. The number of fused-ring (bicyclic) bond motifs is 1. The van der Waals surface area contributed by atoms with Crippen LogP contribution in [0.1, 0.15) is 30.4 Å². The molecule has 1 atom stereocenters. The Morgan fingerprint density at radius 1 is 1.25 bits per heavy atom. The summed E-state index contributed by atoms with van der Waals surface area (Å²) in [4.78, 5) is 30.1. The maximum absolute atomic E-state index is 12.6. The summed E-state index contributed by atoms with van der Waals surface area (Å²) >= 11 is 0. The third-order valence-electron chi connectivity index (χ3n) is 5.02. The number of hydrogen-bond acceptors (Lipinski definition) is 4. The lowest BCUT2D eigenvalue weighted by Crippen LogP contribution is -2.43. The van der Waals surface area contributed by atoms with E-state index in [-0.39, 0.29) is 17.9 Å². The van der Waals surface area contributed by atoms with Crippen molar-refractivity contribution in [2.24, 2.45) is 0 Å². The molecule has 1 aromatic heterocycles. The van der Waals surface area contributed by atoms with E-state index in [1.54, 1.807) is 18.3 Å². The molecule has 2 aliphatic rings. The maximum atomic E-state index is 12.6. The van der Waals surface area contributed by atoms with Crippen LogP contribution in [0.4, 0.5) is 5.82 Å². The Morgan fingerprint density at radius 3 is 2.96 bits per heavy atom. The van der Waals surface area contributed by atoms with Crippen molar-refractivity contribution in [2.75, 3.05) is 18.4 Å². The van der Waals surface area contributed by atoms with Gasteiger partial charge in [0, 0.05) is 25.2 Å². The molecular weight excluding hydrogens is 354 g/mol. The Kier molecular flexibility index (Phi) is 5.37. The van der Waals surface area contributed by atoms with E-state index in [0.29, 0.717) is 25.2 Å². The lowest BCUT2D eigenvalue weighted by Gasteiger charge is -2.32. The number of aromatic nitrogens is 1. The number of carbonyl (C=O) groups excluding carboxylic acids is 2. The van der Waals surface area contributed by atoms with Crippen molar-refractivity contribution >= 4 is 23.7 Å². The molecule has 0 radical (unpaired) electrons. The summed E-state index contributed by atoms with van der Waals surface area (Å²) in [5, 5.41) is 2.77. The Bertz CT molecular complexity index is 895. The number of carbonyl (C=O) groups is 2. The summed E-state index contributed by atoms with van der Waals surface area (Å²) < 4.78 is 6.01. The molecule has 0 bridgehead atoms. The number of rotatable bonds is 4. The number of para-hydroxylation sites is 1. The van der Waals surface area contributed by atoms with Crippen LogP contribution in [0.2, 0.25) is 0 Å². The average molecular weight is 377 g/mol. The van der Waals surface area contributed by atoms with Crippen molar-refractivity contribution in [3.05, 3.63) is 59.8 Å². The quantitative estimate of drug-likeness (QED) is 0.832. The van der Waals surface area contributed by atoms with Gasteiger partial charge in [-0.1, -0.05) is 18.2 Å². The maximum Gasteiger partial charge on any atom is 0.246 e. The molecule has 1 N–H and O–H groups in total. The van der Waals surface area contributed by atoms with E-state index >= 15 is 0 Å². The van der Waals surface area contributed by atoms with Crippen molar-refractivity contribution in [1.82, 2.24) is 9.88 Å². The van der Waals surface area contributed by atoms with E-state index in [2.05, 4.69) is 10.3 Å². The monoisotopic (exact) mass is 377 g/mol. The van der Waals surface area contributed by atoms with E-state index in [4.69, 9.17) is 4.74 Å². The number of aryl methyl sites for hydroxylation is 1. The predicted octanol–water partition coefficient (Wildman–Crippen LogP) is 3.05. The summed E-state index contributed by atoms with van der Waals surface area (Å²) in [5.74, 6) is 1.43. The highest BCUT2D eigenvalue weighted by Crippen LogP contribution is 2.22. The number of pyridine rings is 1. The van der Waals surface area contributed by atoms with E-state index in [0.717, 1.165) is 36.3 Å². The second-order valence-electron chi connectivity index (χ2n) is 7.14. The predicted molar refractivity (Wildman–Crippen MR) is 107 cm³/mol. The van der Waals surface area contributed by atoms with Gasteiger partial charge in [0.25, 0.3) is 0 Å². The molecule has 1 aromatic carbocycles. The number of hydrogen-bond donors (Lipinski definition) is 1. The fourth-order valence-electron chi connectivity index (χ4n) is 3.56. The minimum atomic E-state index is -0.0209. The smallest absolute Gasteiger partial charge is 0.246 e. The van der Waals surface area contributed by atoms with Crippen LogP contribution in [-0.2, 0) is 16.0 Å². The third kappa shape index (κ3) is 4.39. The summed E-state index contributed by atoms with van der Waals surface area (Å²) in [5.41, 5.74) is 1.86. The van der Waals surface area contributed by atoms with E-state index in [1.807, 2.05) is 41.3 Å². The van der Waals surface area contributed by atoms with Crippen LogP contribution >= 0.6 is 0 Å². The summed E-state index contributed by atoms with van der Waals surface area (Å²) in [7, 11) is 0. The van der Waals surface area contributed by atoms with E-state index in [9.17, 15) is 9.59 Å². The average Bonchev–Trinajstić information content (AvgIpc) is 2.73. The number of likely N-dealkylation sites (tertiary alicyclic amines) is 1. The van der Waals surface area contributed by atoms with Crippen LogP contribution in [0, 0.1) is 0 Å². The van der Waals surface area contributed by atoms with Crippen molar-refractivity contribution in [3.8, 4) is 5.75 Å². The Labute approximate surface area is 164 Å². The van der Waals surface area contributed by atoms with Gasteiger partial charge in [-0.15, -0.1) is 0 Å². The summed E-state index contributed by atoms with van der Waals surface area (Å²) in [6.45, 7) is 1.33. The number of benzene rings is 1. The minimum Gasteiger partial charge on any atom is -0.489 e. The van der Waals surface area contributed by atoms with Gasteiger partial charge in [-0.05, 0) is 54.7 Å². The molecule has 0 saturated carbocycles. The van der Waals surface area contributed by atoms with Gasteiger partial charge < -0.3 is 15.0 Å². The first-order valence-electron chi connectivity index (χ1n) is 9.65. The lowest BCUT2D eigenvalue weighted by molar-refractivity contribution is -0.128. The van der Waals surface area contributed by atoms with Crippen molar-refractivity contribution in [3.63, 3.8) is 0 Å². The van der Waals surface area contributed by atoms with Gasteiger partial charge in [-0.2, -0.15) is 0 Å². The number of piperidine rings is 1. The largest absolute Gasteiger partial charge is 0.489 e. The SMILES string of the molecule is O=C1CCc2cc(C=CC(=O)N3CCCC(Oc4ccccc4)C3)cnc2N1. The highest BCUT2D eigenvalue weighted by molar-refractivity contribution is 5.93. The Balaban J connectivity index is 1.37. The van der Waals surface area contributed by atoms with Gasteiger partial charge in [0.1, 0.15) is 17.7 Å². The molecule has 0 aliphatic carbocycles. The molecule has 2 aromatic rings. The number of ether oxygens (including phenoxy) is 1. The topological polar surface area (TPSA) is 71.5 Å². The van der Waals surface area contributed by atoms with Crippen LogP contribution in [-0.4, -0.2) is 40.9 Å². The Hall–Kier alpha value is -3.15. The number of anilines is 1. The molecule has 1 unspecified atom stereocenters. The molecule has 28 heavy (non-hydrogen) atoms. The lowest BCUT2D eigenvalue weighted by atomic mass is 10.0. The standard InChI is InChI=1S/C22H23N3O3/c26-20-10-9-17-13-16(14-23-22(17)24-20)8-11-21(27)25-12-4-7-19(15-25)28-18-5-2-1-3-6-18/h1-3,5-6,8,11,13-14,19H,4,7,9-10,12,15H2,(H,23,24,26). The summed E-state index contributed by atoms with van der Waals surface area (Å²) in [6, 6.07) is 11.7. The van der Waals surface area contributed by atoms with Gasteiger partial charge in [-0.3, -0.25) is 9.59 Å². The van der Waals surface area contributed by atoms with Gasteiger partial charge >= 0.3 is 0 Å². The van der Waals surface area contributed by atoms with Crippen molar-refractivity contribution in [1.29, 1.82) is 0 Å². The van der Waals surface area contributed by atoms with Gasteiger partial charge in [0.15, 0.2) is 0 Å². The van der Waals surface area contributed by atoms with Crippen LogP contribution in [0.5, 0.6) is 5.75 Å². The number of nitrogens with one attached hydrogen (secondary N) is 1. The number of amides is 2. The zero-order valence-electron chi connectivity index (χ0n) is 15.6. The van der Waals surface area contributed by atoms with Gasteiger partial charge in [0.05, 0.1) is 6.54 Å². The molecule has 3 heterocycles. The van der Waals surface area contributed by atoms with E-state index in [1.165, 1.54) is 0 Å². The molecule has 6 heteroatoms. The number of nitrogens with zero attached hydrogens (tertiary/aromatic N) is 2. The highest BCUT2D eigenvalue weighted by Gasteiger charge is 2.23. The molecule has 4 rings (SSSR count). The van der Waals surface area contributed by atoms with Crippen molar-refractivity contribution in [2.45, 2.75) is 31.8 Å². The Morgan fingerprint density at radius 2 is 2.11 bits per heavy atom. The molecule has 1 saturated heterocycles. The van der Waals surface area contributed by atoms with Crippen LogP contribution < -0.4 is 10.1 Å². The molecule has 2 aliphatic heterocycles.